The lowest BCUT2D eigenvalue weighted by atomic mass is 9.96. The normalized spacial score (nSPS) is 11.8. The van der Waals surface area contributed by atoms with Gasteiger partial charge in [0.1, 0.15) is 0 Å². The molecular formula is C8H15N3O. The third-order valence-electron chi connectivity index (χ3n) is 1.58. The third-order valence-corrected chi connectivity index (χ3v) is 1.58. The molecule has 0 saturated carbocycles. The Morgan fingerprint density at radius 2 is 1.92 bits per heavy atom. The van der Waals surface area contributed by atoms with Crippen LogP contribution in [0.3, 0.4) is 0 Å². The van der Waals surface area contributed by atoms with Gasteiger partial charge in [0.05, 0.1) is 7.11 Å². The minimum absolute atomic E-state index is 0.0193. The highest BCUT2D eigenvalue weighted by molar-refractivity contribution is 5.05. The molecule has 4 nitrogen and oxygen atoms in total. The molecule has 0 amide bonds. The molecule has 0 aromatic carbocycles. The fraction of sp³-hybridized carbons (Fsp3) is 0.750. The molecule has 0 radical (unpaired) electrons. The summed E-state index contributed by atoms with van der Waals surface area (Å²) in [5, 5.41) is 4.23. The van der Waals surface area contributed by atoms with Gasteiger partial charge in [0, 0.05) is 12.5 Å². The summed E-state index contributed by atoms with van der Waals surface area (Å²) in [6.45, 7) is 6.21. The van der Waals surface area contributed by atoms with E-state index in [0.29, 0.717) is 6.01 Å². The van der Waals surface area contributed by atoms with Crippen LogP contribution in [0.15, 0.2) is 0 Å². The van der Waals surface area contributed by atoms with Gasteiger partial charge in [-0.05, 0) is 0 Å². The van der Waals surface area contributed by atoms with Crippen molar-refractivity contribution in [3.05, 3.63) is 5.82 Å². The highest BCUT2D eigenvalue weighted by Gasteiger charge is 2.20. The van der Waals surface area contributed by atoms with Crippen LogP contribution in [0.5, 0.6) is 6.01 Å². The molecule has 1 rings (SSSR count). The number of nitrogens with zero attached hydrogens (tertiary/aromatic N) is 3. The van der Waals surface area contributed by atoms with Crippen LogP contribution < -0.4 is 4.74 Å². The van der Waals surface area contributed by atoms with Crippen molar-refractivity contribution in [2.24, 2.45) is 7.05 Å². The van der Waals surface area contributed by atoms with Crippen molar-refractivity contribution in [3.63, 3.8) is 0 Å². The first-order valence-corrected chi connectivity index (χ1v) is 3.90. The van der Waals surface area contributed by atoms with Gasteiger partial charge in [0.25, 0.3) is 0 Å². The van der Waals surface area contributed by atoms with E-state index < -0.39 is 0 Å². The molecule has 0 aliphatic rings. The number of aromatic nitrogens is 3. The SMILES string of the molecule is COc1nc(C(C)(C)C)nn1C. The van der Waals surface area contributed by atoms with Crippen molar-refractivity contribution in [2.45, 2.75) is 26.2 Å². The lowest BCUT2D eigenvalue weighted by Gasteiger charge is -2.11. The minimum atomic E-state index is -0.0193. The second-order valence-corrected chi connectivity index (χ2v) is 3.80. The number of hydrogen-bond donors (Lipinski definition) is 0. The third kappa shape index (κ3) is 1.57. The van der Waals surface area contributed by atoms with E-state index in [1.807, 2.05) is 7.05 Å². The number of hydrogen-bond acceptors (Lipinski definition) is 3. The van der Waals surface area contributed by atoms with Gasteiger partial charge in [-0.2, -0.15) is 10.1 Å². The Morgan fingerprint density at radius 1 is 1.33 bits per heavy atom. The predicted octanol–water partition coefficient (Wildman–Crippen LogP) is 1.12. The Balaban J connectivity index is 3.05. The van der Waals surface area contributed by atoms with E-state index in [9.17, 15) is 0 Å². The standard InChI is InChI=1S/C8H15N3O/c1-8(2,3)6-9-7(12-5)11(4)10-6/h1-5H3. The molecule has 0 spiro atoms. The van der Waals surface area contributed by atoms with Crippen LogP contribution in [-0.2, 0) is 12.5 Å². The van der Waals surface area contributed by atoms with Gasteiger partial charge in [-0.15, -0.1) is 0 Å². The molecule has 1 aromatic heterocycles. The van der Waals surface area contributed by atoms with Crippen LogP contribution in [0, 0.1) is 0 Å². The summed E-state index contributed by atoms with van der Waals surface area (Å²) in [4.78, 5) is 4.23. The van der Waals surface area contributed by atoms with E-state index in [-0.39, 0.29) is 5.41 Å². The number of rotatable bonds is 1. The fourth-order valence-corrected chi connectivity index (χ4v) is 0.866. The molecule has 0 aliphatic carbocycles. The second-order valence-electron chi connectivity index (χ2n) is 3.80. The Kier molecular flexibility index (Phi) is 2.08. The first-order valence-electron chi connectivity index (χ1n) is 3.90. The highest BCUT2D eigenvalue weighted by atomic mass is 16.5. The zero-order valence-electron chi connectivity index (χ0n) is 8.25. The highest BCUT2D eigenvalue weighted by Crippen LogP contribution is 2.20. The van der Waals surface area contributed by atoms with Crippen molar-refractivity contribution in [1.29, 1.82) is 0 Å². The summed E-state index contributed by atoms with van der Waals surface area (Å²) in [5.41, 5.74) is -0.0193. The molecule has 12 heavy (non-hydrogen) atoms. The van der Waals surface area contributed by atoms with Crippen LogP contribution in [0.1, 0.15) is 26.6 Å². The van der Waals surface area contributed by atoms with Crippen LogP contribution >= 0.6 is 0 Å². The lowest BCUT2D eigenvalue weighted by Crippen LogP contribution is -2.13. The molecule has 0 fully saturated rings. The first kappa shape index (κ1) is 9.03. The van der Waals surface area contributed by atoms with Crippen molar-refractivity contribution >= 4 is 0 Å². The van der Waals surface area contributed by atoms with Crippen molar-refractivity contribution < 1.29 is 4.74 Å². The first-order chi connectivity index (χ1) is 5.45. The van der Waals surface area contributed by atoms with Crippen molar-refractivity contribution in [2.75, 3.05) is 7.11 Å². The quantitative estimate of drug-likeness (QED) is 0.632. The summed E-state index contributed by atoms with van der Waals surface area (Å²) in [5.74, 6) is 0.807. The summed E-state index contributed by atoms with van der Waals surface area (Å²) in [7, 11) is 3.41. The molecule has 0 atom stereocenters. The minimum Gasteiger partial charge on any atom is -0.467 e. The predicted molar refractivity (Wildman–Crippen MR) is 46.3 cm³/mol. The Hall–Kier alpha value is -1.06. The van der Waals surface area contributed by atoms with Crippen LogP contribution in [0.4, 0.5) is 0 Å². The van der Waals surface area contributed by atoms with Gasteiger partial charge in [0.15, 0.2) is 5.82 Å². The maximum atomic E-state index is 5.01. The van der Waals surface area contributed by atoms with Crippen LogP contribution in [-0.4, -0.2) is 21.9 Å². The monoisotopic (exact) mass is 169 g/mol. The molecule has 1 heterocycles. The topological polar surface area (TPSA) is 39.9 Å². The molecule has 0 aliphatic heterocycles. The summed E-state index contributed by atoms with van der Waals surface area (Å²) in [6.07, 6.45) is 0. The average Bonchev–Trinajstić information content (AvgIpc) is 2.29. The zero-order chi connectivity index (χ0) is 9.35. The summed E-state index contributed by atoms with van der Waals surface area (Å²) in [6, 6.07) is 0.555. The van der Waals surface area contributed by atoms with Crippen LogP contribution in [0.25, 0.3) is 0 Å². The molecule has 68 valence electrons. The van der Waals surface area contributed by atoms with Gasteiger partial charge >= 0.3 is 6.01 Å². The second kappa shape index (κ2) is 2.77. The summed E-state index contributed by atoms with van der Waals surface area (Å²) < 4.78 is 6.65. The van der Waals surface area contributed by atoms with Gasteiger partial charge < -0.3 is 4.74 Å². The maximum Gasteiger partial charge on any atom is 0.314 e. The van der Waals surface area contributed by atoms with Crippen molar-refractivity contribution in [1.82, 2.24) is 14.8 Å². The molecule has 0 bridgehead atoms. The fourth-order valence-electron chi connectivity index (χ4n) is 0.866. The summed E-state index contributed by atoms with van der Waals surface area (Å²) >= 11 is 0. The number of methoxy groups -OCH3 is 1. The van der Waals surface area contributed by atoms with Crippen molar-refractivity contribution in [3.8, 4) is 6.01 Å². The van der Waals surface area contributed by atoms with Gasteiger partial charge in [0.2, 0.25) is 0 Å². The van der Waals surface area contributed by atoms with Gasteiger partial charge in [-0.1, -0.05) is 20.8 Å². The van der Waals surface area contributed by atoms with Gasteiger partial charge in [-0.3, -0.25) is 0 Å². The molecule has 0 saturated heterocycles. The Labute approximate surface area is 72.6 Å². The van der Waals surface area contributed by atoms with Crippen LogP contribution in [0.2, 0.25) is 0 Å². The molecule has 1 aromatic rings. The van der Waals surface area contributed by atoms with E-state index in [2.05, 4.69) is 30.9 Å². The lowest BCUT2D eigenvalue weighted by molar-refractivity contribution is 0.359. The van der Waals surface area contributed by atoms with Gasteiger partial charge in [-0.25, -0.2) is 4.68 Å². The van der Waals surface area contributed by atoms with E-state index in [1.165, 1.54) is 0 Å². The number of ether oxygens (including phenoxy) is 1. The average molecular weight is 169 g/mol. The number of aryl methyl sites for hydroxylation is 1. The Morgan fingerprint density at radius 3 is 2.17 bits per heavy atom. The van der Waals surface area contributed by atoms with E-state index >= 15 is 0 Å². The Bertz CT molecular complexity index is 272. The maximum absolute atomic E-state index is 5.01. The van der Waals surface area contributed by atoms with E-state index in [4.69, 9.17) is 4.74 Å². The smallest absolute Gasteiger partial charge is 0.314 e. The van der Waals surface area contributed by atoms with E-state index in [0.717, 1.165) is 5.82 Å². The molecule has 4 heteroatoms. The molecule has 0 unspecified atom stereocenters. The molecule has 0 N–H and O–H groups in total. The molecular weight excluding hydrogens is 154 g/mol. The van der Waals surface area contributed by atoms with E-state index in [1.54, 1.807) is 11.8 Å². The zero-order valence-corrected chi connectivity index (χ0v) is 8.25. The largest absolute Gasteiger partial charge is 0.467 e.